The number of aliphatic hydroxyl groups excluding tert-OH is 1. The van der Waals surface area contributed by atoms with Crippen molar-refractivity contribution in [1.29, 1.82) is 0 Å². The molecular weight excluding hydrogens is 291 g/mol. The minimum Gasteiger partial charge on any atom is -0.443 e. The Balaban J connectivity index is 1.88. The number of carbonyl (C=O) groups is 1. The number of aliphatic hydroxyl groups is 1. The number of hydrogen-bond acceptors (Lipinski definition) is 5. The first-order chi connectivity index (χ1) is 10.6. The molecule has 0 radical (unpaired) electrons. The molecule has 1 saturated heterocycles. The number of anilines is 1. The molecule has 7 nitrogen and oxygen atoms in total. The van der Waals surface area contributed by atoms with Crippen molar-refractivity contribution in [2.24, 2.45) is 5.73 Å². The second-order valence-corrected chi connectivity index (χ2v) is 4.92. The summed E-state index contributed by atoms with van der Waals surface area (Å²) in [6.45, 7) is 0.308. The SMILES string of the molecule is NCC1CN(c2ccc(-n3cnc(CO)c3)c(F)c2)C(=O)O1. The van der Waals surface area contributed by atoms with Crippen LogP contribution in [0.5, 0.6) is 0 Å². The number of rotatable bonds is 4. The summed E-state index contributed by atoms with van der Waals surface area (Å²) in [4.78, 5) is 17.0. The molecule has 1 aromatic heterocycles. The van der Waals surface area contributed by atoms with Gasteiger partial charge < -0.3 is 20.1 Å². The summed E-state index contributed by atoms with van der Waals surface area (Å²) in [5.74, 6) is -0.511. The van der Waals surface area contributed by atoms with Crippen LogP contribution in [0.3, 0.4) is 0 Å². The molecule has 0 bridgehead atoms. The molecule has 0 spiro atoms. The van der Waals surface area contributed by atoms with Gasteiger partial charge in [0.2, 0.25) is 0 Å². The zero-order valence-corrected chi connectivity index (χ0v) is 11.6. The van der Waals surface area contributed by atoms with Crippen LogP contribution in [0, 0.1) is 5.82 Å². The van der Waals surface area contributed by atoms with Gasteiger partial charge in [-0.05, 0) is 18.2 Å². The van der Waals surface area contributed by atoms with E-state index < -0.39 is 11.9 Å². The highest BCUT2D eigenvalue weighted by atomic mass is 19.1. The van der Waals surface area contributed by atoms with Crippen LogP contribution in [0.2, 0.25) is 0 Å². The van der Waals surface area contributed by atoms with Gasteiger partial charge >= 0.3 is 6.09 Å². The number of benzene rings is 1. The van der Waals surface area contributed by atoms with E-state index in [1.165, 1.54) is 34.1 Å². The fraction of sp³-hybridized carbons (Fsp3) is 0.286. The minimum atomic E-state index is -0.534. The first kappa shape index (κ1) is 14.5. The van der Waals surface area contributed by atoms with Crippen molar-refractivity contribution < 1.29 is 19.0 Å². The maximum atomic E-state index is 14.3. The van der Waals surface area contributed by atoms with Gasteiger partial charge in [-0.3, -0.25) is 4.90 Å². The van der Waals surface area contributed by atoms with Gasteiger partial charge in [0.1, 0.15) is 11.9 Å². The Kier molecular flexibility index (Phi) is 3.78. The van der Waals surface area contributed by atoms with Crippen molar-refractivity contribution in [1.82, 2.24) is 9.55 Å². The molecule has 1 aromatic carbocycles. The molecule has 2 heterocycles. The van der Waals surface area contributed by atoms with E-state index in [4.69, 9.17) is 15.6 Å². The van der Waals surface area contributed by atoms with Crippen LogP contribution < -0.4 is 10.6 Å². The molecule has 1 unspecified atom stereocenters. The maximum absolute atomic E-state index is 14.3. The highest BCUT2D eigenvalue weighted by molar-refractivity contribution is 5.89. The van der Waals surface area contributed by atoms with Crippen LogP contribution in [0.15, 0.2) is 30.7 Å². The van der Waals surface area contributed by atoms with Gasteiger partial charge in [-0.2, -0.15) is 0 Å². The number of carbonyl (C=O) groups excluding carboxylic acids is 1. The van der Waals surface area contributed by atoms with Gasteiger partial charge in [0, 0.05) is 12.7 Å². The maximum Gasteiger partial charge on any atom is 0.414 e. The molecule has 8 heteroatoms. The molecule has 3 N–H and O–H groups in total. The van der Waals surface area contributed by atoms with Crippen LogP contribution in [-0.4, -0.2) is 39.9 Å². The van der Waals surface area contributed by atoms with E-state index in [0.29, 0.717) is 17.9 Å². The molecule has 1 aliphatic heterocycles. The Hall–Kier alpha value is -2.45. The Morgan fingerprint density at radius 1 is 1.50 bits per heavy atom. The lowest BCUT2D eigenvalue weighted by Gasteiger charge is -2.14. The Labute approximate surface area is 125 Å². The first-order valence-corrected chi connectivity index (χ1v) is 6.74. The fourth-order valence-electron chi connectivity index (χ4n) is 2.31. The van der Waals surface area contributed by atoms with Gasteiger partial charge in [0.05, 0.1) is 36.5 Å². The third kappa shape index (κ3) is 2.53. The topological polar surface area (TPSA) is 93.6 Å². The summed E-state index contributed by atoms with van der Waals surface area (Å²) >= 11 is 0. The molecule has 1 fully saturated rings. The highest BCUT2D eigenvalue weighted by Gasteiger charge is 2.31. The number of nitrogens with two attached hydrogens (primary N) is 1. The predicted molar refractivity (Wildman–Crippen MR) is 76.1 cm³/mol. The number of nitrogens with zero attached hydrogens (tertiary/aromatic N) is 3. The van der Waals surface area contributed by atoms with Crippen molar-refractivity contribution in [2.75, 3.05) is 18.0 Å². The first-order valence-electron chi connectivity index (χ1n) is 6.74. The fourth-order valence-corrected chi connectivity index (χ4v) is 2.31. The molecule has 0 aliphatic carbocycles. The summed E-state index contributed by atoms with van der Waals surface area (Å²) in [6.07, 6.45) is 2.04. The van der Waals surface area contributed by atoms with E-state index in [-0.39, 0.29) is 24.9 Å². The van der Waals surface area contributed by atoms with Gasteiger partial charge in [0.15, 0.2) is 0 Å². The van der Waals surface area contributed by atoms with Crippen molar-refractivity contribution in [3.05, 3.63) is 42.2 Å². The standard InChI is InChI=1S/C14H15FN4O3/c15-12-3-10(19-6-11(4-16)22-14(19)21)1-2-13(12)18-5-9(7-20)17-8-18/h1-3,5,8,11,20H,4,6-7,16H2. The average molecular weight is 306 g/mol. The van der Waals surface area contributed by atoms with Crippen molar-refractivity contribution in [2.45, 2.75) is 12.7 Å². The van der Waals surface area contributed by atoms with Crippen LogP contribution in [-0.2, 0) is 11.3 Å². The van der Waals surface area contributed by atoms with Crippen LogP contribution >= 0.6 is 0 Å². The zero-order chi connectivity index (χ0) is 15.7. The largest absolute Gasteiger partial charge is 0.443 e. The number of imidazole rings is 1. The number of hydrogen-bond donors (Lipinski definition) is 2. The molecule has 0 saturated carbocycles. The van der Waals surface area contributed by atoms with Crippen molar-refractivity contribution in [3.63, 3.8) is 0 Å². The number of cyclic esters (lactones) is 1. The van der Waals surface area contributed by atoms with Crippen LogP contribution in [0.25, 0.3) is 5.69 Å². The molecular formula is C14H15FN4O3. The number of aromatic nitrogens is 2. The van der Waals surface area contributed by atoms with E-state index >= 15 is 0 Å². The third-order valence-electron chi connectivity index (χ3n) is 3.46. The van der Waals surface area contributed by atoms with E-state index in [9.17, 15) is 9.18 Å². The van der Waals surface area contributed by atoms with Gasteiger partial charge in [-0.25, -0.2) is 14.2 Å². The lowest BCUT2D eigenvalue weighted by atomic mass is 10.2. The Bertz CT molecular complexity index is 703. The van der Waals surface area contributed by atoms with Gasteiger partial charge in [-0.1, -0.05) is 0 Å². The lowest BCUT2D eigenvalue weighted by molar-refractivity contribution is 0.145. The number of amides is 1. The number of ether oxygens (including phenoxy) is 1. The van der Waals surface area contributed by atoms with Crippen LogP contribution in [0.4, 0.5) is 14.9 Å². The third-order valence-corrected chi connectivity index (χ3v) is 3.46. The molecule has 1 aliphatic rings. The summed E-state index contributed by atoms with van der Waals surface area (Å²) in [5, 5.41) is 8.99. The molecule has 1 atom stereocenters. The monoisotopic (exact) mass is 306 g/mol. The molecule has 2 aromatic rings. The zero-order valence-electron chi connectivity index (χ0n) is 11.6. The second-order valence-electron chi connectivity index (χ2n) is 4.92. The van der Waals surface area contributed by atoms with E-state index in [2.05, 4.69) is 4.98 Å². The Morgan fingerprint density at radius 2 is 2.32 bits per heavy atom. The van der Waals surface area contributed by atoms with Gasteiger partial charge in [0.25, 0.3) is 0 Å². The van der Waals surface area contributed by atoms with Crippen molar-refractivity contribution >= 4 is 11.8 Å². The minimum absolute atomic E-state index is 0.215. The molecule has 116 valence electrons. The highest BCUT2D eigenvalue weighted by Crippen LogP contribution is 2.25. The van der Waals surface area contributed by atoms with E-state index in [1.807, 2.05) is 0 Å². The van der Waals surface area contributed by atoms with Crippen LogP contribution in [0.1, 0.15) is 5.69 Å². The predicted octanol–water partition coefficient (Wildman–Crippen LogP) is 0.788. The summed E-state index contributed by atoms with van der Waals surface area (Å²) < 4.78 is 20.8. The lowest BCUT2D eigenvalue weighted by Crippen LogP contribution is -2.27. The summed E-state index contributed by atoms with van der Waals surface area (Å²) in [7, 11) is 0. The van der Waals surface area contributed by atoms with Gasteiger partial charge in [-0.15, -0.1) is 0 Å². The summed E-state index contributed by atoms with van der Waals surface area (Å²) in [5.41, 5.74) is 6.60. The van der Waals surface area contributed by atoms with E-state index in [1.54, 1.807) is 6.07 Å². The average Bonchev–Trinajstić information content (AvgIpc) is 3.13. The molecule has 1 amide bonds. The number of halogens is 1. The normalized spacial score (nSPS) is 17.9. The van der Waals surface area contributed by atoms with Crippen molar-refractivity contribution in [3.8, 4) is 5.69 Å². The smallest absolute Gasteiger partial charge is 0.414 e. The quantitative estimate of drug-likeness (QED) is 0.871. The second kappa shape index (κ2) is 5.74. The molecule has 22 heavy (non-hydrogen) atoms. The molecule has 3 rings (SSSR count). The summed E-state index contributed by atoms with van der Waals surface area (Å²) in [6, 6.07) is 4.42. The van der Waals surface area contributed by atoms with E-state index in [0.717, 1.165) is 0 Å². The Morgan fingerprint density at radius 3 is 2.91 bits per heavy atom.